The van der Waals surface area contributed by atoms with E-state index in [1.807, 2.05) is 13.8 Å². The molecule has 1 saturated heterocycles. The predicted octanol–water partition coefficient (Wildman–Crippen LogP) is 1.20. The second kappa shape index (κ2) is 7.16. The molecule has 2 unspecified atom stereocenters. The Balaban J connectivity index is 0.00000289. The molecule has 1 amide bonds. The molecule has 1 rings (SSSR count). The fraction of sp³-hybridized carbons (Fsp3) is 0.900. The van der Waals surface area contributed by atoms with Gasteiger partial charge in [0.2, 0.25) is 5.91 Å². The summed E-state index contributed by atoms with van der Waals surface area (Å²) in [5.74, 6) is -0.394. The maximum Gasteiger partial charge on any atom is 0.411 e. The van der Waals surface area contributed by atoms with E-state index >= 15 is 0 Å². The van der Waals surface area contributed by atoms with Gasteiger partial charge < -0.3 is 15.0 Å². The molecule has 2 atom stereocenters. The maximum atomic E-state index is 11.8. The number of ether oxygens (including phenoxy) is 1. The van der Waals surface area contributed by atoms with Crippen molar-refractivity contribution in [2.45, 2.75) is 32.1 Å². The number of rotatable bonds is 3. The molecule has 18 heavy (non-hydrogen) atoms. The Bertz CT molecular complexity index is 266. The molecule has 0 aromatic carbocycles. The van der Waals surface area contributed by atoms with Crippen LogP contribution in [0.4, 0.5) is 13.2 Å². The Labute approximate surface area is 110 Å². The van der Waals surface area contributed by atoms with Crippen LogP contribution < -0.4 is 5.32 Å². The van der Waals surface area contributed by atoms with Crippen molar-refractivity contribution in [3.05, 3.63) is 0 Å². The van der Waals surface area contributed by atoms with E-state index in [9.17, 15) is 18.0 Å². The Morgan fingerprint density at radius 2 is 1.83 bits per heavy atom. The van der Waals surface area contributed by atoms with Gasteiger partial charge in [0, 0.05) is 25.2 Å². The maximum absolute atomic E-state index is 11.8. The highest BCUT2D eigenvalue weighted by Crippen LogP contribution is 2.14. The molecule has 0 aromatic rings. The van der Waals surface area contributed by atoms with Gasteiger partial charge in [-0.25, -0.2) is 0 Å². The Morgan fingerprint density at radius 1 is 1.33 bits per heavy atom. The zero-order valence-electron chi connectivity index (χ0n) is 10.3. The van der Waals surface area contributed by atoms with E-state index in [0.29, 0.717) is 13.1 Å². The minimum Gasteiger partial charge on any atom is -0.362 e. The summed E-state index contributed by atoms with van der Waals surface area (Å²) in [6.07, 6.45) is -4.38. The van der Waals surface area contributed by atoms with E-state index < -0.39 is 25.3 Å². The second-order valence-electron chi connectivity index (χ2n) is 4.38. The Kier molecular flexibility index (Phi) is 6.94. The molecule has 1 N–H and O–H groups in total. The van der Waals surface area contributed by atoms with Gasteiger partial charge in [-0.2, -0.15) is 13.2 Å². The number of hydrogen-bond acceptors (Lipinski definition) is 3. The summed E-state index contributed by atoms with van der Waals surface area (Å²) >= 11 is 0. The van der Waals surface area contributed by atoms with Crippen LogP contribution in [0.3, 0.4) is 0 Å². The smallest absolute Gasteiger partial charge is 0.362 e. The zero-order valence-corrected chi connectivity index (χ0v) is 11.1. The third-order valence-electron chi connectivity index (χ3n) is 2.40. The summed E-state index contributed by atoms with van der Waals surface area (Å²) in [5, 5.41) is 3.23. The first-order chi connectivity index (χ1) is 7.78. The number of carbonyl (C=O) groups is 1. The first-order valence-electron chi connectivity index (χ1n) is 5.46. The molecule has 0 bridgehead atoms. The van der Waals surface area contributed by atoms with Crippen LogP contribution >= 0.6 is 12.4 Å². The molecule has 1 aliphatic rings. The van der Waals surface area contributed by atoms with E-state index in [2.05, 4.69) is 10.1 Å². The van der Waals surface area contributed by atoms with Crippen LogP contribution in [0.15, 0.2) is 0 Å². The van der Waals surface area contributed by atoms with Crippen molar-refractivity contribution in [1.29, 1.82) is 0 Å². The third kappa shape index (κ3) is 6.42. The van der Waals surface area contributed by atoms with Crippen LogP contribution in [-0.2, 0) is 9.53 Å². The fourth-order valence-corrected chi connectivity index (χ4v) is 1.88. The summed E-state index contributed by atoms with van der Waals surface area (Å²) in [5.41, 5.74) is 0. The SMILES string of the molecule is CC1CN(C(=O)COCC(F)(F)F)CC(C)N1.Cl. The summed E-state index contributed by atoms with van der Waals surface area (Å²) in [4.78, 5) is 13.1. The van der Waals surface area contributed by atoms with Gasteiger partial charge in [-0.1, -0.05) is 0 Å². The molecular weight excluding hydrogens is 273 g/mol. The number of nitrogens with one attached hydrogen (secondary N) is 1. The molecule has 4 nitrogen and oxygen atoms in total. The third-order valence-corrected chi connectivity index (χ3v) is 2.40. The van der Waals surface area contributed by atoms with Gasteiger partial charge >= 0.3 is 6.18 Å². The van der Waals surface area contributed by atoms with Gasteiger partial charge in [0.25, 0.3) is 0 Å². The van der Waals surface area contributed by atoms with Crippen molar-refractivity contribution in [3.63, 3.8) is 0 Å². The largest absolute Gasteiger partial charge is 0.411 e. The van der Waals surface area contributed by atoms with Crippen LogP contribution in [-0.4, -0.2) is 55.4 Å². The number of piperazine rings is 1. The van der Waals surface area contributed by atoms with Crippen molar-refractivity contribution in [2.75, 3.05) is 26.3 Å². The van der Waals surface area contributed by atoms with E-state index in [1.54, 1.807) is 0 Å². The molecule has 0 aliphatic carbocycles. The van der Waals surface area contributed by atoms with Crippen molar-refractivity contribution in [2.24, 2.45) is 0 Å². The molecule has 1 aliphatic heterocycles. The number of hydrogen-bond donors (Lipinski definition) is 1. The molecule has 0 aromatic heterocycles. The van der Waals surface area contributed by atoms with Crippen molar-refractivity contribution >= 4 is 18.3 Å². The molecule has 1 heterocycles. The number of carbonyl (C=O) groups excluding carboxylic acids is 1. The average molecular weight is 291 g/mol. The molecule has 1 fully saturated rings. The zero-order chi connectivity index (χ0) is 13.1. The summed E-state index contributed by atoms with van der Waals surface area (Å²) in [7, 11) is 0. The second-order valence-corrected chi connectivity index (χ2v) is 4.38. The van der Waals surface area contributed by atoms with E-state index in [1.165, 1.54) is 4.90 Å². The van der Waals surface area contributed by atoms with Crippen LogP contribution in [0.2, 0.25) is 0 Å². The van der Waals surface area contributed by atoms with Gasteiger partial charge in [-0.05, 0) is 13.8 Å². The predicted molar refractivity (Wildman–Crippen MR) is 62.8 cm³/mol. The van der Waals surface area contributed by atoms with E-state index in [-0.39, 0.29) is 24.5 Å². The monoisotopic (exact) mass is 290 g/mol. The molecule has 108 valence electrons. The van der Waals surface area contributed by atoms with Crippen molar-refractivity contribution in [3.8, 4) is 0 Å². The molecule has 0 spiro atoms. The number of alkyl halides is 3. The highest BCUT2D eigenvalue weighted by Gasteiger charge is 2.29. The van der Waals surface area contributed by atoms with Gasteiger partial charge in [-0.3, -0.25) is 4.79 Å². The minimum absolute atomic E-state index is 0. The van der Waals surface area contributed by atoms with Crippen LogP contribution in [0, 0.1) is 0 Å². The number of halogens is 4. The van der Waals surface area contributed by atoms with E-state index in [0.717, 1.165) is 0 Å². The Hall–Kier alpha value is -0.530. The Morgan fingerprint density at radius 3 is 2.28 bits per heavy atom. The van der Waals surface area contributed by atoms with Crippen molar-refractivity contribution < 1.29 is 22.7 Å². The molecule has 8 heteroatoms. The van der Waals surface area contributed by atoms with Crippen LogP contribution in [0.25, 0.3) is 0 Å². The molecule has 0 radical (unpaired) electrons. The molecular formula is C10H18ClF3N2O2. The first-order valence-corrected chi connectivity index (χ1v) is 5.46. The lowest BCUT2D eigenvalue weighted by molar-refractivity contribution is -0.178. The highest BCUT2D eigenvalue weighted by molar-refractivity contribution is 5.85. The highest BCUT2D eigenvalue weighted by atomic mass is 35.5. The van der Waals surface area contributed by atoms with Gasteiger partial charge in [-0.15, -0.1) is 12.4 Å². The lowest BCUT2D eigenvalue weighted by Crippen LogP contribution is -2.56. The minimum atomic E-state index is -4.38. The van der Waals surface area contributed by atoms with Gasteiger partial charge in [0.05, 0.1) is 0 Å². The normalized spacial score (nSPS) is 24.6. The summed E-state index contributed by atoms with van der Waals surface area (Å²) in [6.45, 7) is 2.95. The topological polar surface area (TPSA) is 41.6 Å². The van der Waals surface area contributed by atoms with Crippen LogP contribution in [0.1, 0.15) is 13.8 Å². The standard InChI is InChI=1S/C10H17F3N2O2.ClH/c1-7-3-15(4-8(2)14-7)9(16)5-17-6-10(11,12)13;/h7-8,14H,3-6H2,1-2H3;1H. The fourth-order valence-electron chi connectivity index (χ4n) is 1.88. The number of amides is 1. The lowest BCUT2D eigenvalue weighted by atomic mass is 10.1. The molecule has 0 saturated carbocycles. The first kappa shape index (κ1) is 17.5. The average Bonchev–Trinajstić information content (AvgIpc) is 2.13. The quantitative estimate of drug-likeness (QED) is 0.849. The van der Waals surface area contributed by atoms with Gasteiger partial charge in [0.1, 0.15) is 13.2 Å². The summed E-state index contributed by atoms with van der Waals surface area (Å²) < 4.78 is 39.8. The van der Waals surface area contributed by atoms with E-state index in [4.69, 9.17) is 0 Å². The number of nitrogens with zero attached hydrogens (tertiary/aromatic N) is 1. The van der Waals surface area contributed by atoms with Crippen molar-refractivity contribution in [1.82, 2.24) is 10.2 Å². The van der Waals surface area contributed by atoms with Gasteiger partial charge in [0.15, 0.2) is 0 Å². The van der Waals surface area contributed by atoms with Crippen LogP contribution in [0.5, 0.6) is 0 Å². The summed E-state index contributed by atoms with van der Waals surface area (Å²) in [6, 6.07) is 0.288. The lowest BCUT2D eigenvalue weighted by Gasteiger charge is -2.36.